The molecule has 1 saturated heterocycles. The molecule has 1 aromatic rings. The van der Waals surface area contributed by atoms with Gasteiger partial charge in [0.1, 0.15) is 30.2 Å². The third-order valence-electron chi connectivity index (χ3n) is 3.43. The van der Waals surface area contributed by atoms with Crippen LogP contribution in [0.4, 0.5) is 0 Å². The lowest BCUT2D eigenvalue weighted by Crippen LogP contribution is -2.60. The lowest BCUT2D eigenvalue weighted by Gasteiger charge is -2.39. The van der Waals surface area contributed by atoms with Gasteiger partial charge in [0, 0.05) is 0 Å². The van der Waals surface area contributed by atoms with E-state index in [4.69, 9.17) is 14.6 Å². The molecule has 4 N–H and O–H groups in total. The first-order valence-electron chi connectivity index (χ1n) is 6.74. The number of hydrogen-bond acceptors (Lipinski definition) is 6. The third kappa shape index (κ3) is 3.42. The maximum atomic E-state index is 9.94. The molecule has 6 nitrogen and oxygen atoms in total. The summed E-state index contributed by atoms with van der Waals surface area (Å²) in [6.07, 6.45) is -4.13. The van der Waals surface area contributed by atoms with E-state index in [1.807, 2.05) is 12.1 Å². The number of aliphatic hydroxyl groups excluding tert-OH is 4. The van der Waals surface area contributed by atoms with E-state index in [1.54, 1.807) is 18.2 Å². The molecule has 0 bridgehead atoms. The Morgan fingerprint density at radius 2 is 1.86 bits per heavy atom. The second kappa shape index (κ2) is 7.02. The summed E-state index contributed by atoms with van der Waals surface area (Å²) in [5.41, 5.74) is 0.851. The van der Waals surface area contributed by atoms with Crippen molar-refractivity contribution in [1.82, 2.24) is 0 Å². The van der Waals surface area contributed by atoms with Gasteiger partial charge in [-0.3, -0.25) is 0 Å². The fraction of sp³-hybridized carbons (Fsp3) is 0.467. The molecular weight excluding hydrogens is 276 g/mol. The van der Waals surface area contributed by atoms with Crippen molar-refractivity contribution >= 4 is 0 Å². The summed E-state index contributed by atoms with van der Waals surface area (Å²) >= 11 is 0. The molecular formula is C15H20O6. The number of rotatable bonds is 5. The Kier molecular flexibility index (Phi) is 5.33. The minimum Gasteiger partial charge on any atom is -0.462 e. The Hall–Kier alpha value is -1.44. The van der Waals surface area contributed by atoms with E-state index < -0.39 is 37.3 Å². The minimum absolute atomic E-state index is 0.487. The van der Waals surface area contributed by atoms with E-state index in [2.05, 4.69) is 6.58 Å². The molecule has 2 rings (SSSR count). The summed E-state index contributed by atoms with van der Waals surface area (Å²) < 4.78 is 10.9. The van der Waals surface area contributed by atoms with Crippen molar-refractivity contribution in [3.05, 3.63) is 42.5 Å². The van der Waals surface area contributed by atoms with Crippen LogP contribution in [-0.2, 0) is 11.2 Å². The first kappa shape index (κ1) is 15.9. The summed E-state index contributed by atoms with van der Waals surface area (Å²) in [5, 5.41) is 38.5. The topological polar surface area (TPSA) is 99.4 Å². The summed E-state index contributed by atoms with van der Waals surface area (Å²) in [6, 6.07) is 7.17. The Morgan fingerprint density at radius 3 is 2.52 bits per heavy atom. The van der Waals surface area contributed by atoms with Gasteiger partial charge in [0.05, 0.1) is 6.61 Å². The van der Waals surface area contributed by atoms with Crippen LogP contribution < -0.4 is 4.74 Å². The lowest BCUT2D eigenvalue weighted by atomic mass is 9.99. The number of aliphatic hydroxyl groups is 4. The van der Waals surface area contributed by atoms with Crippen LogP contribution in [0.25, 0.3) is 0 Å². The number of benzene rings is 1. The zero-order valence-corrected chi connectivity index (χ0v) is 11.5. The van der Waals surface area contributed by atoms with Crippen molar-refractivity contribution in [3.8, 4) is 5.75 Å². The molecule has 116 valence electrons. The van der Waals surface area contributed by atoms with Crippen molar-refractivity contribution in [1.29, 1.82) is 0 Å². The van der Waals surface area contributed by atoms with Crippen LogP contribution >= 0.6 is 0 Å². The van der Waals surface area contributed by atoms with Gasteiger partial charge in [0.15, 0.2) is 0 Å². The molecule has 0 spiro atoms. The van der Waals surface area contributed by atoms with Gasteiger partial charge in [-0.15, -0.1) is 6.58 Å². The highest BCUT2D eigenvalue weighted by atomic mass is 16.7. The molecule has 1 heterocycles. The Morgan fingerprint density at radius 1 is 1.14 bits per heavy atom. The maximum Gasteiger partial charge on any atom is 0.229 e. The molecule has 1 aliphatic heterocycles. The van der Waals surface area contributed by atoms with Gasteiger partial charge in [-0.05, 0) is 18.1 Å². The molecule has 6 heteroatoms. The highest BCUT2D eigenvalue weighted by Crippen LogP contribution is 2.26. The van der Waals surface area contributed by atoms with Crippen LogP contribution in [0.3, 0.4) is 0 Å². The molecule has 1 aliphatic rings. The average molecular weight is 296 g/mol. The van der Waals surface area contributed by atoms with Gasteiger partial charge in [-0.2, -0.15) is 0 Å². The second-order valence-corrected chi connectivity index (χ2v) is 4.92. The Bertz CT molecular complexity index is 475. The van der Waals surface area contributed by atoms with Gasteiger partial charge in [0.25, 0.3) is 0 Å². The summed E-state index contributed by atoms with van der Waals surface area (Å²) in [7, 11) is 0. The van der Waals surface area contributed by atoms with E-state index >= 15 is 0 Å². The molecule has 1 fully saturated rings. The first-order chi connectivity index (χ1) is 10.1. The fourth-order valence-electron chi connectivity index (χ4n) is 2.23. The quantitative estimate of drug-likeness (QED) is 0.552. The minimum atomic E-state index is -1.45. The normalized spacial score (nSPS) is 32.7. The number of allylic oxidation sites excluding steroid dienone is 1. The zero-order valence-electron chi connectivity index (χ0n) is 11.5. The molecule has 0 saturated carbocycles. The average Bonchev–Trinajstić information content (AvgIpc) is 2.50. The zero-order chi connectivity index (χ0) is 15.4. The van der Waals surface area contributed by atoms with Gasteiger partial charge in [-0.1, -0.05) is 24.3 Å². The third-order valence-corrected chi connectivity index (χ3v) is 3.43. The SMILES string of the molecule is C=CCc1ccccc1O[C@H]1O[C@H](CO)[C@@H](O)[C@H](O)[C@H]1O. The van der Waals surface area contributed by atoms with Gasteiger partial charge in [0.2, 0.25) is 6.29 Å². The number of hydrogen-bond donors (Lipinski definition) is 4. The van der Waals surface area contributed by atoms with Crippen molar-refractivity contribution in [2.24, 2.45) is 0 Å². The van der Waals surface area contributed by atoms with Crippen LogP contribution in [0.5, 0.6) is 5.75 Å². The second-order valence-electron chi connectivity index (χ2n) is 4.92. The molecule has 5 atom stereocenters. The predicted molar refractivity (Wildman–Crippen MR) is 74.7 cm³/mol. The highest BCUT2D eigenvalue weighted by Gasteiger charge is 2.44. The molecule has 0 aromatic heterocycles. The Labute approximate surface area is 122 Å². The number of para-hydroxylation sites is 1. The first-order valence-corrected chi connectivity index (χ1v) is 6.74. The summed E-state index contributed by atoms with van der Waals surface area (Å²) in [4.78, 5) is 0. The van der Waals surface area contributed by atoms with Crippen LogP contribution in [0, 0.1) is 0 Å². The van der Waals surface area contributed by atoms with Crippen LogP contribution in [-0.4, -0.2) is 57.7 Å². The summed E-state index contributed by atoms with van der Waals surface area (Å²) in [6.45, 7) is 3.18. The molecule has 21 heavy (non-hydrogen) atoms. The van der Waals surface area contributed by atoms with E-state index in [-0.39, 0.29) is 0 Å². The van der Waals surface area contributed by atoms with E-state index in [1.165, 1.54) is 0 Å². The monoisotopic (exact) mass is 296 g/mol. The molecule has 0 radical (unpaired) electrons. The van der Waals surface area contributed by atoms with E-state index in [0.29, 0.717) is 12.2 Å². The van der Waals surface area contributed by atoms with Crippen molar-refractivity contribution < 1.29 is 29.9 Å². The Balaban J connectivity index is 2.16. The van der Waals surface area contributed by atoms with Gasteiger partial charge in [-0.25, -0.2) is 0 Å². The fourth-order valence-corrected chi connectivity index (χ4v) is 2.23. The van der Waals surface area contributed by atoms with Crippen LogP contribution in [0.1, 0.15) is 5.56 Å². The highest BCUT2D eigenvalue weighted by molar-refractivity contribution is 5.34. The van der Waals surface area contributed by atoms with Gasteiger partial charge < -0.3 is 29.9 Å². The molecule has 0 amide bonds. The van der Waals surface area contributed by atoms with E-state index in [9.17, 15) is 15.3 Å². The standard InChI is InChI=1S/C15H20O6/c1-2-5-9-6-3-4-7-10(9)20-15-14(19)13(18)12(17)11(8-16)21-15/h2-4,6-7,11-19H,1,5,8H2/t11-,12-,13+,14-,15+/m1/s1. The number of ether oxygens (including phenoxy) is 2. The van der Waals surface area contributed by atoms with Crippen LogP contribution in [0.15, 0.2) is 36.9 Å². The molecule has 0 aliphatic carbocycles. The van der Waals surface area contributed by atoms with Crippen molar-refractivity contribution in [2.45, 2.75) is 37.1 Å². The van der Waals surface area contributed by atoms with Crippen LogP contribution in [0.2, 0.25) is 0 Å². The van der Waals surface area contributed by atoms with Gasteiger partial charge >= 0.3 is 0 Å². The smallest absolute Gasteiger partial charge is 0.229 e. The van der Waals surface area contributed by atoms with Crippen molar-refractivity contribution in [3.63, 3.8) is 0 Å². The lowest BCUT2D eigenvalue weighted by molar-refractivity contribution is -0.277. The summed E-state index contributed by atoms with van der Waals surface area (Å²) in [5.74, 6) is 0.488. The van der Waals surface area contributed by atoms with Crippen molar-refractivity contribution in [2.75, 3.05) is 6.61 Å². The predicted octanol–water partition coefficient (Wildman–Crippen LogP) is -0.406. The molecule has 0 unspecified atom stereocenters. The molecule has 1 aromatic carbocycles. The van der Waals surface area contributed by atoms with E-state index in [0.717, 1.165) is 5.56 Å². The largest absolute Gasteiger partial charge is 0.462 e. The maximum absolute atomic E-state index is 9.94.